The molecule has 3 rings (SSSR count). The van der Waals surface area contributed by atoms with Gasteiger partial charge in [-0.15, -0.1) is 0 Å². The molecule has 0 aliphatic rings. The lowest BCUT2D eigenvalue weighted by molar-refractivity contribution is 0.100. The third-order valence-corrected chi connectivity index (χ3v) is 3.49. The van der Waals surface area contributed by atoms with Gasteiger partial charge in [0.15, 0.2) is 5.96 Å². The summed E-state index contributed by atoms with van der Waals surface area (Å²) in [4.78, 5) is 23.2. The van der Waals surface area contributed by atoms with E-state index in [9.17, 15) is 4.79 Å². The van der Waals surface area contributed by atoms with Crippen LogP contribution >= 0.6 is 0 Å². The van der Waals surface area contributed by atoms with Crippen molar-refractivity contribution < 1.29 is 4.79 Å². The van der Waals surface area contributed by atoms with Gasteiger partial charge in [-0.3, -0.25) is 4.79 Å². The number of aromatic nitrogens is 4. The number of carbonyl (C=O) groups is 1. The van der Waals surface area contributed by atoms with Crippen LogP contribution in [0.5, 0.6) is 0 Å². The second kappa shape index (κ2) is 5.56. The summed E-state index contributed by atoms with van der Waals surface area (Å²) in [5.41, 5.74) is 14.3. The molecule has 8 nitrogen and oxygen atoms in total. The Hall–Kier alpha value is -3.16. The van der Waals surface area contributed by atoms with Crippen LogP contribution in [0.15, 0.2) is 29.4 Å². The van der Waals surface area contributed by atoms with Gasteiger partial charge in [-0.1, -0.05) is 6.92 Å². The summed E-state index contributed by atoms with van der Waals surface area (Å²) in [6.45, 7) is 3.84. The fraction of sp³-hybridized carbons (Fsp3) is 0.200. The average Bonchev–Trinajstić information content (AvgIpc) is 3.07. The third-order valence-electron chi connectivity index (χ3n) is 3.49. The lowest BCUT2D eigenvalue weighted by Gasteiger charge is -2.07. The van der Waals surface area contributed by atoms with Crippen LogP contribution in [0.1, 0.15) is 28.8 Å². The Morgan fingerprint density at radius 2 is 2.17 bits per heavy atom. The van der Waals surface area contributed by atoms with Crippen molar-refractivity contribution in [1.82, 2.24) is 19.7 Å². The first-order valence-corrected chi connectivity index (χ1v) is 7.17. The van der Waals surface area contributed by atoms with Crippen molar-refractivity contribution in [3.8, 4) is 5.69 Å². The summed E-state index contributed by atoms with van der Waals surface area (Å²) in [5, 5.41) is 4.31. The van der Waals surface area contributed by atoms with Gasteiger partial charge in [0.1, 0.15) is 5.82 Å². The number of benzene rings is 1. The molecule has 3 aromatic rings. The van der Waals surface area contributed by atoms with Crippen molar-refractivity contribution in [3.05, 3.63) is 41.5 Å². The number of aliphatic imine (C=N–C) groups is 1. The zero-order valence-corrected chi connectivity index (χ0v) is 12.9. The summed E-state index contributed by atoms with van der Waals surface area (Å²) in [7, 11) is 0. The first-order chi connectivity index (χ1) is 11.0. The molecule has 5 N–H and O–H groups in total. The zero-order valence-electron chi connectivity index (χ0n) is 12.9. The molecule has 0 fully saturated rings. The number of hydrogen-bond acceptors (Lipinski definition) is 3. The van der Waals surface area contributed by atoms with Crippen LogP contribution in [0.4, 0.5) is 0 Å². The molecule has 2 aromatic heterocycles. The van der Waals surface area contributed by atoms with Crippen molar-refractivity contribution in [1.29, 1.82) is 0 Å². The van der Waals surface area contributed by atoms with Crippen molar-refractivity contribution in [2.24, 2.45) is 16.5 Å². The monoisotopic (exact) mass is 311 g/mol. The number of imidazole rings is 1. The summed E-state index contributed by atoms with van der Waals surface area (Å²) in [6, 6.07) is 5.76. The topological polar surface area (TPSA) is 128 Å². The fourth-order valence-electron chi connectivity index (χ4n) is 2.55. The molecule has 0 unspecified atom stereocenters. The van der Waals surface area contributed by atoms with Crippen LogP contribution < -0.4 is 11.5 Å². The zero-order chi connectivity index (χ0) is 16.6. The molecule has 23 heavy (non-hydrogen) atoms. The molecule has 2 heterocycles. The van der Waals surface area contributed by atoms with Crippen molar-refractivity contribution in [3.63, 3.8) is 0 Å². The van der Waals surface area contributed by atoms with Gasteiger partial charge in [0.2, 0.25) is 0 Å². The molecule has 0 saturated heterocycles. The molecule has 0 radical (unpaired) electrons. The number of aryl methyl sites for hydroxylation is 1. The minimum atomic E-state index is -0.494. The van der Waals surface area contributed by atoms with Crippen LogP contribution in [0, 0.1) is 6.92 Å². The van der Waals surface area contributed by atoms with Crippen molar-refractivity contribution >= 4 is 22.9 Å². The Balaban J connectivity index is 2.09. The van der Waals surface area contributed by atoms with Crippen LogP contribution in [-0.2, 0) is 6.42 Å². The molecule has 1 aromatic carbocycles. The standard InChI is InChI=1S/C15H17N7O/c1-3-13-10(14(23)21-15(16)17)7-18-22(13)9-4-5-11-12(6-9)20-8(2)19-11/h4-7H,3H2,1-2H3,(H,19,20)(H4,16,17,21,23). The maximum atomic E-state index is 12.1. The highest BCUT2D eigenvalue weighted by Gasteiger charge is 2.17. The number of hydrogen-bond donors (Lipinski definition) is 3. The SMILES string of the molecule is CCc1c(C(=O)N=C(N)N)cnn1-c1ccc2nc(C)[nH]c2c1. The molecule has 0 saturated carbocycles. The van der Waals surface area contributed by atoms with Gasteiger partial charge in [0, 0.05) is 0 Å². The lowest BCUT2D eigenvalue weighted by Crippen LogP contribution is -2.24. The highest BCUT2D eigenvalue weighted by molar-refractivity contribution is 6.02. The van der Waals surface area contributed by atoms with Crippen LogP contribution in [0.3, 0.4) is 0 Å². The molecule has 0 bridgehead atoms. The number of nitrogens with two attached hydrogens (primary N) is 2. The van der Waals surface area contributed by atoms with Gasteiger partial charge in [-0.05, 0) is 31.5 Å². The molecule has 0 aliphatic carbocycles. The minimum absolute atomic E-state index is 0.265. The number of rotatable bonds is 3. The number of aromatic amines is 1. The summed E-state index contributed by atoms with van der Waals surface area (Å²) >= 11 is 0. The second-order valence-electron chi connectivity index (χ2n) is 5.14. The van der Waals surface area contributed by atoms with Gasteiger partial charge in [0.05, 0.1) is 34.2 Å². The third kappa shape index (κ3) is 2.66. The lowest BCUT2D eigenvalue weighted by atomic mass is 10.2. The quantitative estimate of drug-likeness (QED) is 0.491. The summed E-state index contributed by atoms with van der Waals surface area (Å²) in [6.07, 6.45) is 2.09. The van der Waals surface area contributed by atoms with Crippen LogP contribution in [0.2, 0.25) is 0 Å². The van der Waals surface area contributed by atoms with E-state index in [1.807, 2.05) is 32.0 Å². The Kier molecular flexibility index (Phi) is 3.57. The van der Waals surface area contributed by atoms with Gasteiger partial charge in [-0.25, -0.2) is 9.67 Å². The van der Waals surface area contributed by atoms with E-state index < -0.39 is 5.91 Å². The largest absolute Gasteiger partial charge is 0.370 e. The van der Waals surface area contributed by atoms with E-state index in [-0.39, 0.29) is 5.96 Å². The van der Waals surface area contributed by atoms with E-state index in [1.54, 1.807) is 4.68 Å². The first kappa shape index (κ1) is 14.8. The maximum Gasteiger partial charge on any atom is 0.283 e. The normalized spacial score (nSPS) is 10.9. The number of amides is 1. The van der Waals surface area contributed by atoms with Gasteiger partial charge in [0.25, 0.3) is 5.91 Å². The Morgan fingerprint density at radius 3 is 2.87 bits per heavy atom. The number of nitrogens with zero attached hydrogens (tertiary/aromatic N) is 4. The van der Waals surface area contributed by atoms with E-state index >= 15 is 0 Å². The Morgan fingerprint density at radius 1 is 1.39 bits per heavy atom. The van der Waals surface area contributed by atoms with Gasteiger partial charge < -0.3 is 16.5 Å². The predicted molar refractivity (Wildman–Crippen MR) is 87.5 cm³/mol. The predicted octanol–water partition coefficient (Wildman–Crippen LogP) is 1.03. The first-order valence-electron chi connectivity index (χ1n) is 7.17. The Labute approximate surface area is 132 Å². The molecule has 0 atom stereocenters. The molecular weight excluding hydrogens is 294 g/mol. The summed E-state index contributed by atoms with van der Waals surface area (Å²) < 4.78 is 1.71. The van der Waals surface area contributed by atoms with E-state index in [1.165, 1.54) is 6.20 Å². The molecular formula is C15H17N7O. The van der Waals surface area contributed by atoms with Crippen molar-refractivity contribution in [2.45, 2.75) is 20.3 Å². The highest BCUT2D eigenvalue weighted by Crippen LogP contribution is 2.20. The molecule has 118 valence electrons. The Bertz CT molecular complexity index is 915. The van der Waals surface area contributed by atoms with Crippen LogP contribution in [0.25, 0.3) is 16.7 Å². The smallest absolute Gasteiger partial charge is 0.283 e. The van der Waals surface area contributed by atoms with Gasteiger partial charge >= 0.3 is 0 Å². The highest BCUT2D eigenvalue weighted by atomic mass is 16.1. The van der Waals surface area contributed by atoms with Crippen LogP contribution in [-0.4, -0.2) is 31.6 Å². The number of fused-ring (bicyclic) bond motifs is 1. The van der Waals surface area contributed by atoms with Crippen molar-refractivity contribution in [2.75, 3.05) is 0 Å². The van der Waals surface area contributed by atoms with Gasteiger partial charge in [-0.2, -0.15) is 10.1 Å². The van der Waals surface area contributed by atoms with E-state index in [4.69, 9.17) is 11.5 Å². The molecule has 0 aliphatic heterocycles. The number of H-pyrrole nitrogens is 1. The number of guanidine groups is 1. The molecule has 1 amide bonds. The summed E-state index contributed by atoms with van der Waals surface area (Å²) in [5.74, 6) is 0.0858. The van der Waals surface area contributed by atoms with E-state index in [0.29, 0.717) is 12.0 Å². The number of nitrogens with one attached hydrogen (secondary N) is 1. The van der Waals surface area contributed by atoms with E-state index in [0.717, 1.165) is 28.2 Å². The maximum absolute atomic E-state index is 12.1. The molecule has 8 heteroatoms. The number of carbonyl (C=O) groups excluding carboxylic acids is 1. The van der Waals surface area contributed by atoms with E-state index in [2.05, 4.69) is 20.1 Å². The second-order valence-corrected chi connectivity index (χ2v) is 5.14. The average molecular weight is 311 g/mol. The minimum Gasteiger partial charge on any atom is -0.370 e. The molecule has 0 spiro atoms. The fourth-order valence-corrected chi connectivity index (χ4v) is 2.55.